The summed E-state index contributed by atoms with van der Waals surface area (Å²) in [5.41, 5.74) is 4.60. The summed E-state index contributed by atoms with van der Waals surface area (Å²) < 4.78 is 5.60. The van der Waals surface area contributed by atoms with Gasteiger partial charge in [-0.1, -0.05) is 24.3 Å². The molecule has 1 aromatic heterocycles. The molecule has 0 saturated carbocycles. The highest BCUT2D eigenvalue weighted by Crippen LogP contribution is 2.44. The van der Waals surface area contributed by atoms with Gasteiger partial charge < -0.3 is 15.4 Å². The summed E-state index contributed by atoms with van der Waals surface area (Å²) in [6.45, 7) is 6.22. The Morgan fingerprint density at radius 3 is 2.67 bits per heavy atom. The van der Waals surface area contributed by atoms with Crippen LogP contribution in [0.2, 0.25) is 0 Å². The number of carbonyl (C=O) groups excluding carboxylic acids is 1. The van der Waals surface area contributed by atoms with Gasteiger partial charge in [-0.2, -0.15) is 0 Å². The number of pyridine rings is 1. The van der Waals surface area contributed by atoms with Crippen LogP contribution < -0.4 is 15.4 Å². The lowest BCUT2D eigenvalue weighted by atomic mass is 9.98. The minimum Gasteiger partial charge on any atom is -0.496 e. The minimum absolute atomic E-state index is 0.205. The van der Waals surface area contributed by atoms with Crippen LogP contribution in [0.25, 0.3) is 22.3 Å². The number of amides is 2. The third-order valence-electron chi connectivity index (χ3n) is 4.42. The summed E-state index contributed by atoms with van der Waals surface area (Å²) in [6.07, 6.45) is 3.56. The summed E-state index contributed by atoms with van der Waals surface area (Å²) >= 11 is 1.49. The van der Waals surface area contributed by atoms with Gasteiger partial charge in [-0.15, -0.1) is 11.8 Å². The summed E-state index contributed by atoms with van der Waals surface area (Å²) in [5, 5.41) is 5.58. The second-order valence-electron chi connectivity index (χ2n) is 6.30. The molecule has 0 atom stereocenters. The van der Waals surface area contributed by atoms with Crippen molar-refractivity contribution < 1.29 is 9.53 Å². The maximum Gasteiger partial charge on any atom is 0.315 e. The van der Waals surface area contributed by atoms with E-state index in [4.69, 9.17) is 4.74 Å². The molecule has 3 aromatic rings. The lowest BCUT2D eigenvalue weighted by Gasteiger charge is -2.17. The molecular formula is C23H24N4O2S. The molecule has 0 saturated heterocycles. The van der Waals surface area contributed by atoms with Crippen molar-refractivity contribution in [2.24, 2.45) is 4.99 Å². The van der Waals surface area contributed by atoms with Gasteiger partial charge in [-0.05, 0) is 43.5 Å². The van der Waals surface area contributed by atoms with E-state index in [9.17, 15) is 4.79 Å². The van der Waals surface area contributed by atoms with E-state index in [1.807, 2.05) is 55.6 Å². The number of hydrogen-bond donors (Lipinski definition) is 2. The quantitative estimate of drug-likeness (QED) is 0.301. The Morgan fingerprint density at radius 1 is 1.13 bits per heavy atom. The first-order valence-corrected chi connectivity index (χ1v) is 10.5. The molecule has 0 fully saturated rings. The second kappa shape index (κ2) is 10.5. The Morgan fingerprint density at radius 2 is 1.97 bits per heavy atom. The summed E-state index contributed by atoms with van der Waals surface area (Å²) in [5.74, 6) is 1.15. The minimum atomic E-state index is -0.205. The van der Waals surface area contributed by atoms with Crippen molar-refractivity contribution in [2.45, 2.75) is 11.8 Å². The Labute approximate surface area is 180 Å². The largest absolute Gasteiger partial charge is 0.496 e. The number of carbonyl (C=O) groups is 1. The van der Waals surface area contributed by atoms with E-state index in [0.29, 0.717) is 12.4 Å². The van der Waals surface area contributed by atoms with Gasteiger partial charge in [0, 0.05) is 40.5 Å². The zero-order chi connectivity index (χ0) is 21.3. The predicted octanol–water partition coefficient (Wildman–Crippen LogP) is 5.13. The molecule has 2 N–H and O–H groups in total. The predicted molar refractivity (Wildman–Crippen MR) is 124 cm³/mol. The number of para-hydroxylation sites is 1. The average Bonchev–Trinajstić information content (AvgIpc) is 2.79. The third-order valence-corrected chi connectivity index (χ3v) is 5.42. The molecule has 0 aliphatic rings. The Kier molecular flexibility index (Phi) is 7.45. The number of methoxy groups -OCH3 is 1. The maximum absolute atomic E-state index is 11.8. The van der Waals surface area contributed by atoms with Gasteiger partial charge in [-0.25, -0.2) is 4.79 Å². The van der Waals surface area contributed by atoms with Crippen molar-refractivity contribution in [3.8, 4) is 28.0 Å². The molecular weight excluding hydrogens is 396 g/mol. The fourth-order valence-corrected chi connectivity index (χ4v) is 3.99. The number of thioether (sulfide) groups is 1. The second-order valence-corrected chi connectivity index (χ2v) is 7.28. The molecule has 0 bridgehead atoms. The first-order chi connectivity index (χ1) is 14.7. The molecule has 6 nitrogen and oxygen atoms in total. The molecule has 3 rings (SSSR count). The van der Waals surface area contributed by atoms with Gasteiger partial charge in [0.15, 0.2) is 0 Å². The van der Waals surface area contributed by atoms with Crippen LogP contribution in [-0.2, 0) is 0 Å². The van der Waals surface area contributed by atoms with Crippen LogP contribution >= 0.6 is 11.8 Å². The van der Waals surface area contributed by atoms with E-state index in [0.717, 1.165) is 38.6 Å². The van der Waals surface area contributed by atoms with Crippen molar-refractivity contribution in [2.75, 3.05) is 19.5 Å². The number of ether oxygens (including phenoxy) is 1. The molecule has 2 aromatic carbocycles. The normalized spacial score (nSPS) is 10.3. The molecule has 154 valence electrons. The first-order valence-electron chi connectivity index (χ1n) is 9.51. The summed E-state index contributed by atoms with van der Waals surface area (Å²) in [6, 6.07) is 15.6. The fourth-order valence-electron chi connectivity index (χ4n) is 3.05. The standard InChI is InChI=1S/C23H24N4O2S/c1-4-26-23(28)27-15-30-22-19(18-9-5-6-10-21(18)29-3)12-17(13-20(22)24-2)16-8-7-11-25-14-16/h5-14H,2,4,15H2,1,3H3,(H2,26,27,28). The number of hydrogen-bond acceptors (Lipinski definition) is 5. The highest BCUT2D eigenvalue weighted by molar-refractivity contribution is 7.99. The Hall–Kier alpha value is -3.32. The SMILES string of the molecule is C=Nc1cc(-c2cccnc2)cc(-c2ccccc2OC)c1SCNC(=O)NCC. The summed E-state index contributed by atoms with van der Waals surface area (Å²) in [7, 11) is 1.65. The van der Waals surface area contributed by atoms with E-state index in [2.05, 4.69) is 33.4 Å². The van der Waals surface area contributed by atoms with Crippen molar-refractivity contribution >= 4 is 30.2 Å². The van der Waals surface area contributed by atoms with Crippen LogP contribution in [0.1, 0.15) is 6.92 Å². The average molecular weight is 421 g/mol. The number of rotatable bonds is 8. The molecule has 0 unspecified atom stereocenters. The molecule has 0 spiro atoms. The van der Waals surface area contributed by atoms with Crippen molar-refractivity contribution in [1.82, 2.24) is 15.6 Å². The van der Waals surface area contributed by atoms with Crippen LogP contribution in [0, 0.1) is 0 Å². The number of urea groups is 1. The van der Waals surface area contributed by atoms with E-state index >= 15 is 0 Å². The Balaban J connectivity index is 2.09. The molecule has 7 heteroatoms. The number of benzene rings is 2. The van der Waals surface area contributed by atoms with E-state index < -0.39 is 0 Å². The molecule has 1 heterocycles. The van der Waals surface area contributed by atoms with Crippen LogP contribution in [0.3, 0.4) is 0 Å². The number of aromatic nitrogens is 1. The first kappa shape index (κ1) is 21.4. The highest BCUT2D eigenvalue weighted by Gasteiger charge is 2.17. The molecule has 30 heavy (non-hydrogen) atoms. The van der Waals surface area contributed by atoms with Crippen LogP contribution in [0.15, 0.2) is 70.8 Å². The fraction of sp³-hybridized carbons (Fsp3) is 0.174. The number of aliphatic imine (C=N–C) groups is 1. The van der Waals surface area contributed by atoms with E-state index in [1.165, 1.54) is 11.8 Å². The van der Waals surface area contributed by atoms with Gasteiger partial charge in [0.1, 0.15) is 5.75 Å². The van der Waals surface area contributed by atoms with Crippen LogP contribution in [-0.4, -0.2) is 37.3 Å². The highest BCUT2D eigenvalue weighted by atomic mass is 32.2. The van der Waals surface area contributed by atoms with Gasteiger partial charge >= 0.3 is 6.03 Å². The third kappa shape index (κ3) is 4.99. The van der Waals surface area contributed by atoms with Crippen molar-refractivity contribution in [1.29, 1.82) is 0 Å². The smallest absolute Gasteiger partial charge is 0.315 e. The lowest BCUT2D eigenvalue weighted by Crippen LogP contribution is -2.34. The van der Waals surface area contributed by atoms with Gasteiger partial charge in [-0.3, -0.25) is 9.98 Å². The topological polar surface area (TPSA) is 75.6 Å². The maximum atomic E-state index is 11.8. The molecule has 0 aliphatic carbocycles. The van der Waals surface area contributed by atoms with Crippen molar-refractivity contribution in [3.63, 3.8) is 0 Å². The molecule has 2 amide bonds. The van der Waals surface area contributed by atoms with Gasteiger partial charge in [0.25, 0.3) is 0 Å². The van der Waals surface area contributed by atoms with E-state index in [1.54, 1.807) is 13.3 Å². The lowest BCUT2D eigenvalue weighted by molar-refractivity contribution is 0.243. The van der Waals surface area contributed by atoms with Gasteiger partial charge in [0.05, 0.1) is 18.7 Å². The van der Waals surface area contributed by atoms with Crippen molar-refractivity contribution in [3.05, 3.63) is 60.9 Å². The monoisotopic (exact) mass is 420 g/mol. The zero-order valence-electron chi connectivity index (χ0n) is 17.0. The van der Waals surface area contributed by atoms with Crippen LogP contribution in [0.4, 0.5) is 10.5 Å². The van der Waals surface area contributed by atoms with E-state index in [-0.39, 0.29) is 6.03 Å². The number of nitrogens with one attached hydrogen (secondary N) is 2. The zero-order valence-corrected chi connectivity index (χ0v) is 17.8. The summed E-state index contributed by atoms with van der Waals surface area (Å²) in [4.78, 5) is 21.2. The Bertz CT molecular complexity index is 1020. The number of nitrogens with zero attached hydrogens (tertiary/aromatic N) is 2. The van der Waals surface area contributed by atoms with Crippen LogP contribution in [0.5, 0.6) is 5.75 Å². The molecule has 0 radical (unpaired) electrons. The molecule has 0 aliphatic heterocycles. The van der Waals surface area contributed by atoms with Gasteiger partial charge in [0.2, 0.25) is 0 Å².